The van der Waals surface area contributed by atoms with Crippen molar-refractivity contribution in [2.45, 2.75) is 33.9 Å². The van der Waals surface area contributed by atoms with E-state index in [4.69, 9.17) is 33.7 Å². The molecule has 0 amide bonds. The Morgan fingerprint density at radius 3 is 2.26 bits per heavy atom. The molecule has 0 radical (unpaired) electrons. The molecule has 23 heavy (non-hydrogen) atoms. The first kappa shape index (κ1) is 18.9. The van der Waals surface area contributed by atoms with Crippen LogP contribution in [0.2, 0.25) is 6.55 Å². The summed E-state index contributed by atoms with van der Waals surface area (Å²) in [4.78, 5) is 0. The molecular formula is C15H25ClO5Si2. The number of hydrogen-bond donors (Lipinski definition) is 0. The van der Waals surface area contributed by atoms with E-state index in [2.05, 4.69) is 0 Å². The highest BCUT2D eigenvalue weighted by atomic mass is 35.5. The largest absolute Gasteiger partial charge is 0.537 e. The summed E-state index contributed by atoms with van der Waals surface area (Å²) in [5, 5.41) is 0.935. The summed E-state index contributed by atoms with van der Waals surface area (Å²) in [5.41, 5.74) is 1.39. The molecule has 0 bridgehead atoms. The van der Waals surface area contributed by atoms with Crippen LogP contribution in [0.5, 0.6) is 5.75 Å². The molecule has 1 aromatic rings. The van der Waals surface area contributed by atoms with Gasteiger partial charge >= 0.3 is 17.4 Å². The molecule has 0 fully saturated rings. The van der Waals surface area contributed by atoms with Crippen molar-refractivity contribution >= 4 is 34.2 Å². The number of rotatable bonds is 8. The van der Waals surface area contributed by atoms with Crippen LogP contribution in [0.25, 0.3) is 0 Å². The Labute approximate surface area is 145 Å². The monoisotopic (exact) mass is 376 g/mol. The van der Waals surface area contributed by atoms with Gasteiger partial charge in [0.25, 0.3) is 0 Å². The molecule has 2 rings (SSSR count). The van der Waals surface area contributed by atoms with Gasteiger partial charge in [-0.1, -0.05) is 6.07 Å². The van der Waals surface area contributed by atoms with E-state index in [0.717, 1.165) is 16.5 Å². The molecule has 130 valence electrons. The third-order valence-electron chi connectivity index (χ3n) is 3.52. The summed E-state index contributed by atoms with van der Waals surface area (Å²) < 4.78 is 29.7. The molecule has 1 heterocycles. The topological polar surface area (TPSA) is 46.2 Å². The number of fused-ring (bicyclic) bond motifs is 1. The zero-order valence-corrected chi connectivity index (χ0v) is 16.9. The van der Waals surface area contributed by atoms with Crippen LogP contribution >= 0.6 is 11.6 Å². The second kappa shape index (κ2) is 8.11. The number of hydrogen-bond acceptors (Lipinski definition) is 5. The quantitative estimate of drug-likeness (QED) is 0.515. The Morgan fingerprint density at radius 1 is 1.13 bits per heavy atom. The number of halogens is 1. The van der Waals surface area contributed by atoms with E-state index in [0.29, 0.717) is 31.9 Å². The Bertz CT molecular complexity index is 514. The van der Waals surface area contributed by atoms with E-state index in [9.17, 15) is 0 Å². The van der Waals surface area contributed by atoms with Crippen molar-refractivity contribution in [2.24, 2.45) is 0 Å². The van der Waals surface area contributed by atoms with Crippen LogP contribution in [0, 0.1) is 0 Å². The Balaban J connectivity index is 2.35. The molecule has 0 saturated heterocycles. The number of benzene rings is 1. The predicted octanol–water partition coefficient (Wildman–Crippen LogP) is 2.70. The number of alkyl halides is 1. The minimum atomic E-state index is -2.90. The summed E-state index contributed by atoms with van der Waals surface area (Å²) in [7, 11) is -5.19. The molecule has 5 nitrogen and oxygen atoms in total. The van der Waals surface area contributed by atoms with Gasteiger partial charge in [-0.2, -0.15) is 0 Å². The van der Waals surface area contributed by atoms with Crippen LogP contribution in [0.15, 0.2) is 18.2 Å². The maximum absolute atomic E-state index is 5.99. The Morgan fingerprint density at radius 2 is 1.74 bits per heavy atom. The summed E-state index contributed by atoms with van der Waals surface area (Å²) in [6.07, 6.45) is 0. The first-order valence-electron chi connectivity index (χ1n) is 7.96. The van der Waals surface area contributed by atoms with Crippen molar-refractivity contribution in [1.29, 1.82) is 0 Å². The van der Waals surface area contributed by atoms with E-state index in [1.165, 1.54) is 0 Å². The van der Waals surface area contributed by atoms with Gasteiger partial charge in [0, 0.05) is 30.6 Å². The van der Waals surface area contributed by atoms with Gasteiger partial charge in [0.2, 0.25) is 0 Å². The lowest BCUT2D eigenvalue weighted by Gasteiger charge is -2.33. The van der Waals surface area contributed by atoms with Crippen LogP contribution in [0.1, 0.15) is 26.3 Å². The summed E-state index contributed by atoms with van der Waals surface area (Å²) in [5.74, 6) is 0.835. The molecule has 0 saturated carbocycles. The fraction of sp³-hybridized carbons (Fsp3) is 0.600. The standard InChI is InChI=1S/C15H25ClO5Si2/c1-5-17-23(18-6-2,19-7-3)14-8-9-15-13(10-14)11-20-22(4,12-16)21-15/h8-10H,5-7,11-12H2,1-4H3. The van der Waals surface area contributed by atoms with E-state index in [-0.39, 0.29) is 0 Å². The van der Waals surface area contributed by atoms with Crippen molar-refractivity contribution < 1.29 is 22.1 Å². The Kier molecular flexibility index (Phi) is 6.67. The van der Waals surface area contributed by atoms with Crippen LogP contribution in [-0.4, -0.2) is 42.7 Å². The van der Waals surface area contributed by atoms with Gasteiger partial charge in [-0.25, -0.2) is 0 Å². The molecule has 0 N–H and O–H groups in total. The fourth-order valence-corrected chi connectivity index (χ4v) is 6.73. The molecule has 1 atom stereocenters. The van der Waals surface area contributed by atoms with Gasteiger partial charge in [0.05, 0.1) is 12.1 Å². The van der Waals surface area contributed by atoms with E-state index in [1.807, 2.05) is 45.5 Å². The first-order valence-corrected chi connectivity index (χ1v) is 12.7. The molecule has 1 unspecified atom stereocenters. The second-order valence-corrected chi connectivity index (χ2v) is 11.7. The highest BCUT2D eigenvalue weighted by Gasteiger charge is 2.44. The van der Waals surface area contributed by atoms with Crippen LogP contribution in [0.3, 0.4) is 0 Å². The minimum absolute atomic E-state index is 0.406. The fourth-order valence-electron chi connectivity index (χ4n) is 2.49. The SMILES string of the molecule is CCO[Si](OCC)(OCC)c1ccc2c(c1)CO[Si](C)(CCl)O2. The van der Waals surface area contributed by atoms with Crippen LogP contribution in [0.4, 0.5) is 0 Å². The van der Waals surface area contributed by atoms with E-state index < -0.39 is 17.4 Å². The van der Waals surface area contributed by atoms with E-state index >= 15 is 0 Å². The van der Waals surface area contributed by atoms with Crippen molar-refractivity contribution in [1.82, 2.24) is 0 Å². The average molecular weight is 377 g/mol. The van der Waals surface area contributed by atoms with Gasteiger partial charge in [0.1, 0.15) is 5.75 Å². The van der Waals surface area contributed by atoms with E-state index in [1.54, 1.807) is 0 Å². The minimum Gasteiger partial charge on any atom is -0.519 e. The van der Waals surface area contributed by atoms with Gasteiger partial charge in [0.15, 0.2) is 0 Å². The van der Waals surface area contributed by atoms with Gasteiger partial charge in [-0.05, 0) is 39.5 Å². The predicted molar refractivity (Wildman–Crippen MR) is 94.5 cm³/mol. The molecule has 0 aliphatic carbocycles. The zero-order chi connectivity index (χ0) is 16.9. The Hall–Kier alpha value is -0.416. The average Bonchev–Trinajstić information content (AvgIpc) is 2.55. The summed E-state index contributed by atoms with van der Waals surface area (Å²) >= 11 is 5.97. The van der Waals surface area contributed by atoms with Gasteiger partial charge in [-0.15, -0.1) is 11.6 Å². The summed E-state index contributed by atoms with van der Waals surface area (Å²) in [6, 6.07) is 5.94. The van der Waals surface area contributed by atoms with Crippen molar-refractivity contribution in [3.63, 3.8) is 0 Å². The smallest absolute Gasteiger partial charge is 0.519 e. The normalized spacial score (nSPS) is 20.9. The van der Waals surface area contributed by atoms with Crippen molar-refractivity contribution in [2.75, 3.05) is 25.3 Å². The third kappa shape index (κ3) is 4.16. The van der Waals surface area contributed by atoms with Gasteiger partial charge < -0.3 is 22.1 Å². The molecule has 1 aliphatic rings. The van der Waals surface area contributed by atoms with Crippen molar-refractivity contribution in [3.05, 3.63) is 23.8 Å². The lowest BCUT2D eigenvalue weighted by Crippen LogP contribution is -2.57. The molecule has 0 aromatic heterocycles. The lowest BCUT2D eigenvalue weighted by molar-refractivity contribution is 0.0858. The van der Waals surface area contributed by atoms with Gasteiger partial charge in [-0.3, -0.25) is 0 Å². The highest BCUT2D eigenvalue weighted by molar-refractivity contribution is 6.75. The highest BCUT2D eigenvalue weighted by Crippen LogP contribution is 2.29. The molecule has 1 aliphatic heterocycles. The first-order chi connectivity index (χ1) is 11.0. The molecule has 8 heteroatoms. The second-order valence-electron chi connectivity index (χ2n) is 5.34. The van der Waals surface area contributed by atoms with Crippen LogP contribution < -0.4 is 9.61 Å². The molecular weight excluding hydrogens is 352 g/mol. The molecule has 0 spiro atoms. The van der Waals surface area contributed by atoms with Crippen LogP contribution in [-0.2, 0) is 24.3 Å². The maximum Gasteiger partial charge on any atom is 0.537 e. The summed E-state index contributed by atoms with van der Waals surface area (Å²) in [6.45, 7) is 9.91. The maximum atomic E-state index is 5.99. The third-order valence-corrected chi connectivity index (χ3v) is 9.89. The lowest BCUT2D eigenvalue weighted by atomic mass is 10.2. The molecule has 1 aromatic carbocycles. The van der Waals surface area contributed by atoms with Crippen molar-refractivity contribution in [3.8, 4) is 5.75 Å². The zero-order valence-electron chi connectivity index (χ0n) is 14.2.